The molecule has 28 heavy (non-hydrogen) atoms. The van der Waals surface area contributed by atoms with Gasteiger partial charge in [-0.25, -0.2) is 4.98 Å². The number of carbonyl (C=O) groups excluding carboxylic acids is 2. The summed E-state index contributed by atoms with van der Waals surface area (Å²) in [4.78, 5) is 29.6. The smallest absolute Gasteiger partial charge is 0.292 e. The molecule has 0 aliphatic carbocycles. The first-order valence-electron chi connectivity index (χ1n) is 9.28. The number of hydrogen-bond acceptors (Lipinski definition) is 4. The highest BCUT2D eigenvalue weighted by molar-refractivity contribution is 6.06. The molecule has 7 heteroatoms. The summed E-state index contributed by atoms with van der Waals surface area (Å²) >= 11 is 0. The van der Waals surface area contributed by atoms with Gasteiger partial charge in [0.1, 0.15) is 0 Å². The average Bonchev–Trinajstić information content (AvgIpc) is 3.11. The van der Waals surface area contributed by atoms with Gasteiger partial charge in [-0.1, -0.05) is 25.1 Å². The van der Waals surface area contributed by atoms with Gasteiger partial charge in [0.25, 0.3) is 11.8 Å². The zero-order valence-electron chi connectivity index (χ0n) is 16.1. The molecule has 2 heterocycles. The van der Waals surface area contributed by atoms with Gasteiger partial charge in [0.15, 0.2) is 5.69 Å². The van der Waals surface area contributed by atoms with Crippen molar-refractivity contribution in [3.63, 3.8) is 0 Å². The van der Waals surface area contributed by atoms with Gasteiger partial charge in [0, 0.05) is 32.1 Å². The SMILES string of the molecule is CCc1ccc(NC(=O)c2nc(C(=O)NCCCOC)c3ccccn23)cc1. The van der Waals surface area contributed by atoms with Crippen molar-refractivity contribution < 1.29 is 14.3 Å². The normalized spacial score (nSPS) is 10.8. The summed E-state index contributed by atoms with van der Waals surface area (Å²) in [6.45, 7) is 3.12. The molecule has 0 atom stereocenters. The summed E-state index contributed by atoms with van der Waals surface area (Å²) in [5.74, 6) is -0.521. The van der Waals surface area contributed by atoms with E-state index in [0.29, 0.717) is 30.8 Å². The van der Waals surface area contributed by atoms with Crippen molar-refractivity contribution in [3.8, 4) is 0 Å². The number of imidazole rings is 1. The Kier molecular flexibility index (Phi) is 6.39. The molecule has 2 N–H and O–H groups in total. The molecule has 1 aromatic carbocycles. The molecule has 0 saturated carbocycles. The lowest BCUT2D eigenvalue weighted by Crippen LogP contribution is -2.26. The summed E-state index contributed by atoms with van der Waals surface area (Å²) < 4.78 is 6.61. The molecule has 0 bridgehead atoms. The van der Waals surface area contributed by atoms with Crippen LogP contribution in [0.4, 0.5) is 5.69 Å². The zero-order chi connectivity index (χ0) is 19.9. The fourth-order valence-corrected chi connectivity index (χ4v) is 2.88. The van der Waals surface area contributed by atoms with Crippen LogP contribution in [0.2, 0.25) is 0 Å². The highest BCUT2D eigenvalue weighted by Gasteiger charge is 2.21. The van der Waals surface area contributed by atoms with Gasteiger partial charge in [-0.3, -0.25) is 14.0 Å². The van der Waals surface area contributed by atoms with Crippen LogP contribution >= 0.6 is 0 Å². The second kappa shape index (κ2) is 9.14. The van der Waals surface area contributed by atoms with Crippen LogP contribution < -0.4 is 10.6 Å². The maximum atomic E-state index is 12.8. The predicted octanol–water partition coefficient (Wildman–Crippen LogP) is 2.92. The third-order valence-corrected chi connectivity index (χ3v) is 4.40. The largest absolute Gasteiger partial charge is 0.385 e. The molecular formula is C21H24N4O3. The van der Waals surface area contributed by atoms with Crippen molar-refractivity contribution in [1.82, 2.24) is 14.7 Å². The first-order valence-corrected chi connectivity index (χ1v) is 9.28. The van der Waals surface area contributed by atoms with E-state index in [1.165, 1.54) is 5.56 Å². The Hall–Kier alpha value is -3.19. The molecule has 0 aliphatic rings. The van der Waals surface area contributed by atoms with Gasteiger partial charge < -0.3 is 15.4 Å². The van der Waals surface area contributed by atoms with E-state index in [1.807, 2.05) is 30.3 Å². The number of hydrogen-bond donors (Lipinski definition) is 2. The highest BCUT2D eigenvalue weighted by Crippen LogP contribution is 2.16. The molecule has 3 aromatic rings. The van der Waals surface area contributed by atoms with E-state index in [9.17, 15) is 9.59 Å². The molecule has 0 spiro atoms. The Morgan fingerprint density at radius 2 is 1.89 bits per heavy atom. The highest BCUT2D eigenvalue weighted by atomic mass is 16.5. The Bertz CT molecular complexity index is 963. The van der Waals surface area contributed by atoms with Gasteiger partial charge in [0.2, 0.25) is 5.82 Å². The Morgan fingerprint density at radius 1 is 1.11 bits per heavy atom. The lowest BCUT2D eigenvalue weighted by Gasteiger charge is -2.05. The van der Waals surface area contributed by atoms with Gasteiger partial charge in [0.05, 0.1) is 5.52 Å². The number of aryl methyl sites for hydroxylation is 1. The van der Waals surface area contributed by atoms with Crippen molar-refractivity contribution in [2.24, 2.45) is 0 Å². The fraction of sp³-hybridized carbons (Fsp3) is 0.286. The standard InChI is InChI=1S/C21H24N4O3/c1-3-15-8-10-16(11-9-15)23-21(27)19-24-18(17-7-4-5-13-25(17)19)20(26)22-12-6-14-28-2/h4-5,7-11,13H,3,6,12,14H2,1-2H3,(H,22,26)(H,23,27). The predicted molar refractivity (Wildman–Crippen MR) is 108 cm³/mol. The number of rotatable bonds is 8. The zero-order valence-corrected chi connectivity index (χ0v) is 16.1. The first kappa shape index (κ1) is 19.6. The Morgan fingerprint density at radius 3 is 2.61 bits per heavy atom. The van der Waals surface area contributed by atoms with Crippen LogP contribution in [-0.4, -0.2) is 41.5 Å². The van der Waals surface area contributed by atoms with E-state index < -0.39 is 0 Å². The third kappa shape index (κ3) is 4.37. The molecule has 146 valence electrons. The number of fused-ring (bicyclic) bond motifs is 1. The van der Waals surface area contributed by atoms with Crippen molar-refractivity contribution in [2.75, 3.05) is 25.6 Å². The fourth-order valence-electron chi connectivity index (χ4n) is 2.88. The summed E-state index contributed by atoms with van der Waals surface area (Å²) in [5, 5.41) is 5.66. The number of aromatic nitrogens is 2. The summed E-state index contributed by atoms with van der Waals surface area (Å²) in [5.41, 5.74) is 2.68. The maximum absolute atomic E-state index is 12.8. The molecule has 0 aliphatic heterocycles. The van der Waals surface area contributed by atoms with Crippen LogP contribution in [0, 0.1) is 0 Å². The second-order valence-corrected chi connectivity index (χ2v) is 6.35. The van der Waals surface area contributed by atoms with Crippen LogP contribution in [0.1, 0.15) is 40.0 Å². The molecule has 2 aromatic heterocycles. The number of methoxy groups -OCH3 is 1. The summed E-state index contributed by atoms with van der Waals surface area (Å²) in [6, 6.07) is 13.0. The lowest BCUT2D eigenvalue weighted by atomic mass is 10.1. The van der Waals surface area contributed by atoms with E-state index in [4.69, 9.17) is 4.74 Å². The third-order valence-electron chi connectivity index (χ3n) is 4.40. The van der Waals surface area contributed by atoms with Crippen molar-refractivity contribution in [1.29, 1.82) is 0 Å². The summed E-state index contributed by atoms with van der Waals surface area (Å²) in [7, 11) is 1.62. The molecule has 0 radical (unpaired) electrons. The number of nitrogens with zero attached hydrogens (tertiary/aromatic N) is 2. The van der Waals surface area contributed by atoms with E-state index >= 15 is 0 Å². The minimum absolute atomic E-state index is 0.164. The van der Waals surface area contributed by atoms with Crippen molar-refractivity contribution in [3.05, 3.63) is 65.7 Å². The molecule has 0 saturated heterocycles. The number of anilines is 1. The topological polar surface area (TPSA) is 84.7 Å². The Labute approximate surface area is 163 Å². The number of nitrogens with one attached hydrogen (secondary N) is 2. The van der Waals surface area contributed by atoms with Crippen LogP contribution in [-0.2, 0) is 11.2 Å². The molecule has 2 amide bonds. The van der Waals surface area contributed by atoms with E-state index in [1.54, 1.807) is 29.8 Å². The first-order chi connectivity index (χ1) is 13.6. The monoisotopic (exact) mass is 380 g/mol. The second-order valence-electron chi connectivity index (χ2n) is 6.35. The van der Waals surface area contributed by atoms with Gasteiger partial charge in [-0.05, 0) is 42.7 Å². The molecular weight excluding hydrogens is 356 g/mol. The van der Waals surface area contributed by atoms with Crippen LogP contribution in [0.5, 0.6) is 0 Å². The molecule has 0 unspecified atom stereocenters. The van der Waals surface area contributed by atoms with Crippen LogP contribution in [0.3, 0.4) is 0 Å². The minimum atomic E-state index is -0.371. The number of benzene rings is 1. The maximum Gasteiger partial charge on any atom is 0.292 e. The quantitative estimate of drug-likeness (QED) is 0.589. The van der Waals surface area contributed by atoms with E-state index in [2.05, 4.69) is 22.5 Å². The van der Waals surface area contributed by atoms with E-state index in [0.717, 1.165) is 6.42 Å². The molecule has 7 nitrogen and oxygen atoms in total. The van der Waals surface area contributed by atoms with Gasteiger partial charge >= 0.3 is 0 Å². The number of pyridine rings is 1. The summed E-state index contributed by atoms with van der Waals surface area (Å²) in [6.07, 6.45) is 3.36. The van der Waals surface area contributed by atoms with Crippen molar-refractivity contribution >= 4 is 23.0 Å². The molecule has 0 fully saturated rings. The van der Waals surface area contributed by atoms with Crippen molar-refractivity contribution in [2.45, 2.75) is 19.8 Å². The molecule has 3 rings (SSSR count). The Balaban J connectivity index is 1.82. The number of amides is 2. The number of carbonyl (C=O) groups is 2. The average molecular weight is 380 g/mol. The lowest BCUT2D eigenvalue weighted by molar-refractivity contribution is 0.0946. The van der Waals surface area contributed by atoms with Gasteiger partial charge in [-0.2, -0.15) is 0 Å². The number of ether oxygens (including phenoxy) is 1. The van der Waals surface area contributed by atoms with Crippen LogP contribution in [0.15, 0.2) is 48.7 Å². The van der Waals surface area contributed by atoms with E-state index in [-0.39, 0.29) is 23.3 Å². The van der Waals surface area contributed by atoms with Crippen LogP contribution in [0.25, 0.3) is 5.52 Å². The minimum Gasteiger partial charge on any atom is -0.385 e. The van der Waals surface area contributed by atoms with Gasteiger partial charge in [-0.15, -0.1) is 0 Å².